The van der Waals surface area contributed by atoms with Crippen LogP contribution in [0.2, 0.25) is 0 Å². The highest BCUT2D eigenvalue weighted by Gasteiger charge is 2.25. The zero-order valence-corrected chi connectivity index (χ0v) is 38.1. The maximum absolute atomic E-state index is 5.36. The van der Waals surface area contributed by atoms with Crippen LogP contribution in [0.3, 0.4) is 0 Å². The first-order valence-electron chi connectivity index (χ1n) is 23.4. The molecule has 0 aliphatic carbocycles. The van der Waals surface area contributed by atoms with Crippen LogP contribution in [0.15, 0.2) is 243 Å². The molecule has 69 heavy (non-hydrogen) atoms. The predicted octanol–water partition coefficient (Wildman–Crippen LogP) is 17.4. The van der Waals surface area contributed by atoms with Crippen LogP contribution in [-0.2, 0) is 0 Å². The van der Waals surface area contributed by atoms with Crippen LogP contribution in [-0.4, -0.2) is 19.1 Å². The van der Waals surface area contributed by atoms with E-state index in [1.165, 1.54) is 52.8 Å². The molecule has 10 aromatic carbocycles. The van der Waals surface area contributed by atoms with E-state index in [0.717, 1.165) is 72.7 Å². The van der Waals surface area contributed by atoms with Crippen LogP contribution in [0.5, 0.6) is 0 Å². The van der Waals surface area contributed by atoms with Crippen molar-refractivity contribution in [2.75, 3.05) is 0 Å². The number of para-hydroxylation sites is 3. The van der Waals surface area contributed by atoms with Crippen molar-refractivity contribution in [3.8, 4) is 67.5 Å². The van der Waals surface area contributed by atoms with E-state index in [9.17, 15) is 0 Å². The molecular formula is C64H40N4S. The Bertz CT molecular complexity index is 4150. The van der Waals surface area contributed by atoms with Gasteiger partial charge in [0.1, 0.15) is 0 Å². The zero-order chi connectivity index (χ0) is 45.4. The normalized spacial score (nSPS) is 11.8. The van der Waals surface area contributed by atoms with Crippen LogP contribution in [0.25, 0.3) is 131 Å². The lowest BCUT2D eigenvalue weighted by Gasteiger charge is -2.21. The molecule has 14 aromatic rings. The second-order valence-electron chi connectivity index (χ2n) is 17.7. The average Bonchev–Trinajstić information content (AvgIpc) is 4.09. The molecule has 0 saturated carbocycles. The van der Waals surface area contributed by atoms with E-state index in [0.29, 0.717) is 5.82 Å². The number of thiophene rings is 1. The minimum absolute atomic E-state index is 0.672. The molecule has 0 fully saturated rings. The van der Waals surface area contributed by atoms with Crippen molar-refractivity contribution < 1.29 is 0 Å². The lowest BCUT2D eigenvalue weighted by atomic mass is 9.92. The van der Waals surface area contributed by atoms with Gasteiger partial charge in [0, 0.05) is 75.2 Å². The molecule has 0 N–H and O–H groups in total. The highest BCUT2D eigenvalue weighted by molar-refractivity contribution is 7.27. The topological polar surface area (TPSA) is 35.6 Å². The highest BCUT2D eigenvalue weighted by atomic mass is 32.1. The average molecular weight is 897 g/mol. The van der Waals surface area contributed by atoms with Gasteiger partial charge in [-0.3, -0.25) is 0 Å². The summed E-state index contributed by atoms with van der Waals surface area (Å²) in [5.41, 5.74) is 16.2. The summed E-state index contributed by atoms with van der Waals surface area (Å²) in [6.07, 6.45) is 0. The van der Waals surface area contributed by atoms with Gasteiger partial charge in [0.2, 0.25) is 0 Å². The van der Waals surface area contributed by atoms with E-state index in [-0.39, 0.29) is 0 Å². The molecule has 322 valence electrons. The minimum atomic E-state index is 0.672. The molecule has 0 spiro atoms. The third-order valence-electron chi connectivity index (χ3n) is 13.7. The Hall–Kier alpha value is -8.90. The van der Waals surface area contributed by atoms with Gasteiger partial charge in [-0.15, -0.1) is 11.3 Å². The first-order chi connectivity index (χ1) is 34.2. The molecule has 0 aliphatic rings. The van der Waals surface area contributed by atoms with Crippen LogP contribution >= 0.6 is 11.3 Å². The van der Waals surface area contributed by atoms with Gasteiger partial charge in [-0.2, -0.15) is 0 Å². The van der Waals surface area contributed by atoms with Crippen molar-refractivity contribution >= 4 is 75.1 Å². The molecule has 0 saturated heterocycles. The molecule has 4 heterocycles. The monoisotopic (exact) mass is 896 g/mol. The van der Waals surface area contributed by atoms with Crippen LogP contribution in [0, 0.1) is 0 Å². The van der Waals surface area contributed by atoms with Crippen molar-refractivity contribution in [3.63, 3.8) is 0 Å². The zero-order valence-electron chi connectivity index (χ0n) is 37.3. The number of benzene rings is 10. The molecule has 14 rings (SSSR count). The Morgan fingerprint density at radius 2 is 0.710 bits per heavy atom. The number of hydrogen-bond donors (Lipinski definition) is 0. The molecule has 4 aromatic heterocycles. The van der Waals surface area contributed by atoms with E-state index in [4.69, 9.17) is 9.97 Å². The van der Waals surface area contributed by atoms with Gasteiger partial charge in [-0.1, -0.05) is 188 Å². The molecule has 0 unspecified atom stereocenters. The van der Waals surface area contributed by atoms with Gasteiger partial charge in [0.25, 0.3) is 0 Å². The quantitative estimate of drug-likeness (QED) is 0.160. The van der Waals surface area contributed by atoms with Gasteiger partial charge in [-0.25, -0.2) is 9.97 Å². The minimum Gasteiger partial charge on any atom is -0.309 e. The Kier molecular flexibility index (Phi) is 9.04. The van der Waals surface area contributed by atoms with Crippen LogP contribution in [0.1, 0.15) is 0 Å². The molecule has 0 aliphatic heterocycles. The van der Waals surface area contributed by atoms with E-state index < -0.39 is 0 Å². The molecule has 0 atom stereocenters. The van der Waals surface area contributed by atoms with Crippen LogP contribution in [0.4, 0.5) is 0 Å². The summed E-state index contributed by atoms with van der Waals surface area (Å²) in [6.45, 7) is 0. The van der Waals surface area contributed by atoms with Crippen molar-refractivity contribution in [3.05, 3.63) is 243 Å². The SMILES string of the molecule is c1ccc(-c2cc(-c3ccccc3)nc(-c3cc(-c4ccccc4)c(-n4c5ccccc5c5c6sc7c(ccc8c7c7ccccc7n8-c7ccccc7)c6ccc54)c(-c4ccccc4)c3)n2)cc1. The van der Waals surface area contributed by atoms with Crippen molar-refractivity contribution in [2.24, 2.45) is 0 Å². The number of hydrogen-bond acceptors (Lipinski definition) is 3. The number of fused-ring (bicyclic) bond motifs is 11. The predicted molar refractivity (Wildman–Crippen MR) is 291 cm³/mol. The Balaban J connectivity index is 1.08. The smallest absolute Gasteiger partial charge is 0.160 e. The van der Waals surface area contributed by atoms with Gasteiger partial charge < -0.3 is 9.13 Å². The molecule has 4 nitrogen and oxygen atoms in total. The summed E-state index contributed by atoms with van der Waals surface area (Å²) in [5, 5.41) is 7.60. The van der Waals surface area contributed by atoms with Gasteiger partial charge in [0.15, 0.2) is 5.82 Å². The van der Waals surface area contributed by atoms with Gasteiger partial charge >= 0.3 is 0 Å². The maximum atomic E-state index is 5.36. The van der Waals surface area contributed by atoms with Crippen molar-refractivity contribution in [2.45, 2.75) is 0 Å². The second-order valence-corrected chi connectivity index (χ2v) is 18.7. The first kappa shape index (κ1) is 39.3. The van der Waals surface area contributed by atoms with E-state index in [2.05, 4.69) is 240 Å². The van der Waals surface area contributed by atoms with E-state index >= 15 is 0 Å². The summed E-state index contributed by atoms with van der Waals surface area (Å²) in [4.78, 5) is 10.7. The fourth-order valence-corrected chi connectivity index (χ4v) is 12.1. The van der Waals surface area contributed by atoms with E-state index in [1.807, 2.05) is 23.5 Å². The Morgan fingerprint density at radius 1 is 0.304 bits per heavy atom. The fourth-order valence-electron chi connectivity index (χ4n) is 10.7. The molecule has 0 radical (unpaired) electrons. The van der Waals surface area contributed by atoms with Crippen LogP contribution < -0.4 is 0 Å². The molecular weight excluding hydrogens is 857 g/mol. The summed E-state index contributed by atoms with van der Waals surface area (Å²) in [5.74, 6) is 0.672. The van der Waals surface area contributed by atoms with E-state index in [1.54, 1.807) is 0 Å². The van der Waals surface area contributed by atoms with Gasteiger partial charge in [0.05, 0.1) is 39.1 Å². The third-order valence-corrected chi connectivity index (χ3v) is 15.0. The molecule has 0 amide bonds. The highest BCUT2D eigenvalue weighted by Crippen LogP contribution is 2.49. The number of rotatable bonds is 7. The summed E-state index contributed by atoms with van der Waals surface area (Å²) < 4.78 is 7.54. The number of aromatic nitrogens is 4. The number of nitrogens with zero attached hydrogens (tertiary/aromatic N) is 4. The van der Waals surface area contributed by atoms with Crippen molar-refractivity contribution in [1.29, 1.82) is 0 Å². The van der Waals surface area contributed by atoms with Crippen molar-refractivity contribution in [1.82, 2.24) is 19.1 Å². The Labute approximate surface area is 402 Å². The largest absolute Gasteiger partial charge is 0.309 e. The molecule has 5 heteroatoms. The van der Waals surface area contributed by atoms with Gasteiger partial charge in [-0.05, 0) is 65.7 Å². The standard InChI is InChI=1S/C64H40N4S/c1-6-20-41(21-7-1)51-38-45(64-65-53(43-24-10-3-11-25-43)40-54(66-64)44-26-12-4-13-27-44)39-52(42-22-8-2-9-23-42)61(51)68-56-33-19-17-31-50(56)60-58(68)37-35-48-47-34-36-57-59(62(47)69-63(48)60)49-30-16-18-32-55(49)67(57)46-28-14-5-15-29-46/h1-40H. The first-order valence-corrected chi connectivity index (χ1v) is 24.2. The second kappa shape index (κ2) is 15.9. The fraction of sp³-hybridized carbons (Fsp3) is 0. The summed E-state index contributed by atoms with van der Waals surface area (Å²) in [7, 11) is 0. The summed E-state index contributed by atoms with van der Waals surface area (Å²) in [6, 6.07) is 87.2. The third kappa shape index (κ3) is 6.28. The molecule has 0 bridgehead atoms. The lowest BCUT2D eigenvalue weighted by Crippen LogP contribution is -2.03. The Morgan fingerprint density at radius 3 is 1.20 bits per heavy atom. The lowest BCUT2D eigenvalue weighted by molar-refractivity contribution is 1.17. The summed E-state index contributed by atoms with van der Waals surface area (Å²) >= 11 is 1.92. The maximum Gasteiger partial charge on any atom is 0.160 e.